The molecule has 1 heterocycles. The minimum Gasteiger partial charge on any atom is -0.342 e. The normalized spacial score (nSPS) is 19.5. The number of nitrogens with two attached hydrogens (primary N) is 1. The molecule has 1 saturated heterocycles. The van der Waals surface area contributed by atoms with Gasteiger partial charge < -0.3 is 10.6 Å². The molecule has 0 saturated carbocycles. The standard InChI is InChI=1S/C18H22N2O/c19-16-8-4-11-20(12-10-16)18(21)13-15-7-3-6-14-5-1-2-9-17(14)15/h1-3,5-7,9,16H,4,8,10-13,19H2/t16-/m0/s1. The van der Waals surface area contributed by atoms with Gasteiger partial charge in [-0.1, -0.05) is 42.5 Å². The Hall–Kier alpha value is -1.87. The summed E-state index contributed by atoms with van der Waals surface area (Å²) in [6.07, 6.45) is 3.44. The number of nitrogens with zero attached hydrogens (tertiary/aromatic N) is 1. The van der Waals surface area contributed by atoms with E-state index in [2.05, 4.69) is 24.3 Å². The zero-order chi connectivity index (χ0) is 14.7. The monoisotopic (exact) mass is 282 g/mol. The third-order valence-corrected chi connectivity index (χ3v) is 4.35. The largest absolute Gasteiger partial charge is 0.342 e. The fourth-order valence-electron chi connectivity index (χ4n) is 3.09. The van der Waals surface area contributed by atoms with Crippen LogP contribution in [0.15, 0.2) is 42.5 Å². The van der Waals surface area contributed by atoms with Gasteiger partial charge in [0.1, 0.15) is 0 Å². The summed E-state index contributed by atoms with van der Waals surface area (Å²) < 4.78 is 0. The molecule has 21 heavy (non-hydrogen) atoms. The molecule has 3 rings (SSSR count). The van der Waals surface area contributed by atoms with Crippen molar-refractivity contribution in [3.05, 3.63) is 48.0 Å². The lowest BCUT2D eigenvalue weighted by Crippen LogP contribution is -2.34. The van der Waals surface area contributed by atoms with Crippen molar-refractivity contribution in [1.82, 2.24) is 4.90 Å². The van der Waals surface area contributed by atoms with Crippen LogP contribution in [0.2, 0.25) is 0 Å². The number of fused-ring (bicyclic) bond motifs is 1. The second-order valence-corrected chi connectivity index (χ2v) is 5.89. The average Bonchev–Trinajstić information content (AvgIpc) is 2.72. The Morgan fingerprint density at radius 2 is 1.90 bits per heavy atom. The molecule has 0 bridgehead atoms. The molecular weight excluding hydrogens is 260 g/mol. The first-order chi connectivity index (χ1) is 10.2. The van der Waals surface area contributed by atoms with Gasteiger partial charge in [-0.3, -0.25) is 4.79 Å². The van der Waals surface area contributed by atoms with Crippen LogP contribution in [0.3, 0.4) is 0 Å². The minimum atomic E-state index is 0.223. The maximum Gasteiger partial charge on any atom is 0.227 e. The number of hydrogen-bond donors (Lipinski definition) is 1. The predicted octanol–water partition coefficient (Wildman–Crippen LogP) is 2.72. The highest BCUT2D eigenvalue weighted by Gasteiger charge is 2.19. The van der Waals surface area contributed by atoms with E-state index >= 15 is 0 Å². The summed E-state index contributed by atoms with van der Waals surface area (Å²) >= 11 is 0. The first kappa shape index (κ1) is 14.1. The Morgan fingerprint density at radius 1 is 1.10 bits per heavy atom. The van der Waals surface area contributed by atoms with Crippen molar-refractivity contribution in [3.8, 4) is 0 Å². The van der Waals surface area contributed by atoms with Crippen molar-refractivity contribution in [2.75, 3.05) is 13.1 Å². The van der Waals surface area contributed by atoms with Gasteiger partial charge in [0.05, 0.1) is 6.42 Å². The first-order valence-electron chi connectivity index (χ1n) is 7.74. The highest BCUT2D eigenvalue weighted by atomic mass is 16.2. The molecule has 0 spiro atoms. The van der Waals surface area contributed by atoms with Crippen molar-refractivity contribution in [2.24, 2.45) is 5.73 Å². The molecule has 1 aliphatic heterocycles. The van der Waals surface area contributed by atoms with E-state index in [9.17, 15) is 4.79 Å². The van der Waals surface area contributed by atoms with Gasteiger partial charge in [-0.2, -0.15) is 0 Å². The van der Waals surface area contributed by atoms with Gasteiger partial charge in [0, 0.05) is 19.1 Å². The number of rotatable bonds is 2. The molecule has 1 fully saturated rings. The first-order valence-corrected chi connectivity index (χ1v) is 7.74. The van der Waals surface area contributed by atoms with Crippen LogP contribution in [0.25, 0.3) is 10.8 Å². The van der Waals surface area contributed by atoms with Crippen LogP contribution in [0.5, 0.6) is 0 Å². The molecule has 0 aliphatic carbocycles. The van der Waals surface area contributed by atoms with Gasteiger partial charge in [0.25, 0.3) is 0 Å². The van der Waals surface area contributed by atoms with Gasteiger partial charge in [-0.25, -0.2) is 0 Å². The second-order valence-electron chi connectivity index (χ2n) is 5.89. The summed E-state index contributed by atoms with van der Waals surface area (Å²) in [5, 5.41) is 2.38. The Labute approximate surface area is 125 Å². The number of carbonyl (C=O) groups excluding carboxylic acids is 1. The number of amides is 1. The maximum atomic E-state index is 12.6. The summed E-state index contributed by atoms with van der Waals surface area (Å²) in [5.41, 5.74) is 7.10. The molecule has 2 aromatic carbocycles. The fourth-order valence-corrected chi connectivity index (χ4v) is 3.09. The topological polar surface area (TPSA) is 46.3 Å². The molecule has 0 radical (unpaired) electrons. The minimum absolute atomic E-state index is 0.223. The molecule has 2 aromatic rings. The van der Waals surface area contributed by atoms with E-state index in [4.69, 9.17) is 5.73 Å². The zero-order valence-corrected chi connectivity index (χ0v) is 12.3. The number of carbonyl (C=O) groups is 1. The molecule has 3 nitrogen and oxygen atoms in total. The van der Waals surface area contributed by atoms with Crippen LogP contribution in [-0.4, -0.2) is 29.9 Å². The van der Waals surface area contributed by atoms with Crippen molar-refractivity contribution in [2.45, 2.75) is 31.7 Å². The lowest BCUT2D eigenvalue weighted by atomic mass is 10.0. The molecule has 0 unspecified atom stereocenters. The molecule has 2 N–H and O–H groups in total. The summed E-state index contributed by atoms with van der Waals surface area (Å²) in [7, 11) is 0. The van der Waals surface area contributed by atoms with Gasteiger partial charge in [0.15, 0.2) is 0 Å². The van der Waals surface area contributed by atoms with Crippen LogP contribution < -0.4 is 5.73 Å². The smallest absolute Gasteiger partial charge is 0.227 e. The van der Waals surface area contributed by atoms with E-state index in [1.54, 1.807) is 0 Å². The van der Waals surface area contributed by atoms with Crippen molar-refractivity contribution in [1.29, 1.82) is 0 Å². The predicted molar refractivity (Wildman–Crippen MR) is 86.1 cm³/mol. The maximum absolute atomic E-state index is 12.6. The Kier molecular flexibility index (Phi) is 4.20. The van der Waals surface area contributed by atoms with E-state index in [-0.39, 0.29) is 11.9 Å². The van der Waals surface area contributed by atoms with Crippen molar-refractivity contribution < 1.29 is 4.79 Å². The number of hydrogen-bond acceptors (Lipinski definition) is 2. The van der Waals surface area contributed by atoms with E-state index in [1.165, 1.54) is 10.8 Å². The van der Waals surface area contributed by atoms with E-state index in [0.29, 0.717) is 6.42 Å². The molecule has 1 amide bonds. The summed E-state index contributed by atoms with van der Waals surface area (Å²) in [6.45, 7) is 1.64. The van der Waals surface area contributed by atoms with Gasteiger partial charge >= 0.3 is 0 Å². The lowest BCUT2D eigenvalue weighted by Gasteiger charge is -2.21. The lowest BCUT2D eigenvalue weighted by molar-refractivity contribution is -0.130. The Balaban J connectivity index is 1.77. The SMILES string of the molecule is N[C@H]1CCCN(C(=O)Cc2cccc3ccccc23)CC1. The zero-order valence-electron chi connectivity index (χ0n) is 12.3. The van der Waals surface area contributed by atoms with Gasteiger partial charge in [-0.15, -0.1) is 0 Å². The number of benzene rings is 2. The van der Waals surface area contributed by atoms with Crippen LogP contribution in [-0.2, 0) is 11.2 Å². The molecule has 0 aromatic heterocycles. The highest BCUT2D eigenvalue weighted by Crippen LogP contribution is 2.20. The van der Waals surface area contributed by atoms with Crippen LogP contribution in [0, 0.1) is 0 Å². The third kappa shape index (κ3) is 3.24. The third-order valence-electron chi connectivity index (χ3n) is 4.35. The van der Waals surface area contributed by atoms with Gasteiger partial charge in [-0.05, 0) is 35.6 Å². The Bertz CT molecular complexity index is 633. The summed E-state index contributed by atoms with van der Waals surface area (Å²) in [6, 6.07) is 14.7. The van der Waals surface area contributed by atoms with Crippen LogP contribution >= 0.6 is 0 Å². The summed E-state index contributed by atoms with van der Waals surface area (Å²) in [4.78, 5) is 14.5. The molecule has 3 heteroatoms. The second kappa shape index (κ2) is 6.27. The van der Waals surface area contributed by atoms with Crippen LogP contribution in [0.1, 0.15) is 24.8 Å². The molecular formula is C18H22N2O. The summed E-state index contributed by atoms with van der Waals surface area (Å²) in [5.74, 6) is 0.223. The molecule has 110 valence electrons. The molecule has 1 aliphatic rings. The van der Waals surface area contributed by atoms with Crippen molar-refractivity contribution >= 4 is 16.7 Å². The quantitative estimate of drug-likeness (QED) is 0.920. The van der Waals surface area contributed by atoms with E-state index in [0.717, 1.165) is 37.9 Å². The highest BCUT2D eigenvalue weighted by molar-refractivity contribution is 5.90. The van der Waals surface area contributed by atoms with Crippen molar-refractivity contribution in [3.63, 3.8) is 0 Å². The van der Waals surface area contributed by atoms with Gasteiger partial charge in [0.2, 0.25) is 5.91 Å². The number of likely N-dealkylation sites (tertiary alicyclic amines) is 1. The molecule has 1 atom stereocenters. The van der Waals surface area contributed by atoms with E-state index < -0.39 is 0 Å². The van der Waals surface area contributed by atoms with E-state index in [1.807, 2.05) is 23.1 Å². The average molecular weight is 282 g/mol. The fraction of sp³-hybridized carbons (Fsp3) is 0.389. The Morgan fingerprint density at radius 3 is 2.81 bits per heavy atom. The van der Waals surface area contributed by atoms with Crippen LogP contribution in [0.4, 0.5) is 0 Å².